The lowest BCUT2D eigenvalue weighted by Crippen LogP contribution is -2.37. The molecule has 2 heterocycles. The Morgan fingerprint density at radius 2 is 1.86 bits per heavy atom. The monoisotopic (exact) mass is 284 g/mol. The third-order valence-electron chi connectivity index (χ3n) is 4.06. The second-order valence-corrected chi connectivity index (χ2v) is 6.00. The van der Waals surface area contributed by atoms with E-state index in [1.807, 2.05) is 16.9 Å². The molecule has 0 spiro atoms. The summed E-state index contributed by atoms with van der Waals surface area (Å²) in [6, 6.07) is 10.6. The van der Waals surface area contributed by atoms with Crippen molar-refractivity contribution in [2.24, 2.45) is 5.73 Å². The third kappa shape index (κ3) is 4.16. The van der Waals surface area contributed by atoms with Crippen molar-refractivity contribution >= 4 is 0 Å². The molecule has 0 saturated carbocycles. The van der Waals surface area contributed by atoms with E-state index < -0.39 is 0 Å². The van der Waals surface area contributed by atoms with Gasteiger partial charge in [-0.05, 0) is 43.5 Å². The van der Waals surface area contributed by atoms with Gasteiger partial charge in [-0.15, -0.1) is 0 Å². The van der Waals surface area contributed by atoms with Gasteiger partial charge in [0.25, 0.3) is 0 Å². The highest BCUT2D eigenvalue weighted by molar-refractivity contribution is 5.15. The molecule has 2 aromatic rings. The second kappa shape index (κ2) is 6.87. The van der Waals surface area contributed by atoms with Crippen molar-refractivity contribution in [3.8, 4) is 0 Å². The zero-order chi connectivity index (χ0) is 14.5. The standard InChI is InChI=1S/C17H24N4/c18-17(14-20-8-4-5-9-20)10-16-11-19-21(13-16)12-15-6-2-1-3-7-15/h1-3,6-7,11,13,17H,4-5,8-10,12,14,18H2. The first-order valence-electron chi connectivity index (χ1n) is 7.83. The molecule has 1 aromatic carbocycles. The molecule has 0 amide bonds. The molecule has 1 fully saturated rings. The molecule has 2 N–H and O–H groups in total. The van der Waals surface area contributed by atoms with Gasteiger partial charge >= 0.3 is 0 Å². The Hall–Kier alpha value is -1.65. The Kier molecular flexibility index (Phi) is 4.68. The van der Waals surface area contributed by atoms with Crippen molar-refractivity contribution in [2.75, 3.05) is 19.6 Å². The number of nitrogens with zero attached hydrogens (tertiary/aromatic N) is 3. The summed E-state index contributed by atoms with van der Waals surface area (Å²) in [4.78, 5) is 2.47. The smallest absolute Gasteiger partial charge is 0.0659 e. The van der Waals surface area contributed by atoms with Gasteiger partial charge in [-0.2, -0.15) is 5.10 Å². The fourth-order valence-electron chi connectivity index (χ4n) is 3.03. The largest absolute Gasteiger partial charge is 0.326 e. The Labute approximate surface area is 126 Å². The van der Waals surface area contributed by atoms with Gasteiger partial charge in [0, 0.05) is 18.8 Å². The summed E-state index contributed by atoms with van der Waals surface area (Å²) in [5.74, 6) is 0. The summed E-state index contributed by atoms with van der Waals surface area (Å²) in [5, 5.41) is 4.44. The van der Waals surface area contributed by atoms with Gasteiger partial charge in [-0.1, -0.05) is 30.3 Å². The van der Waals surface area contributed by atoms with Crippen molar-refractivity contribution in [3.63, 3.8) is 0 Å². The van der Waals surface area contributed by atoms with Gasteiger partial charge < -0.3 is 10.6 Å². The van der Waals surface area contributed by atoms with Gasteiger partial charge in [0.05, 0.1) is 12.7 Å². The maximum Gasteiger partial charge on any atom is 0.0659 e. The number of aromatic nitrogens is 2. The Morgan fingerprint density at radius 3 is 2.62 bits per heavy atom. The predicted molar refractivity (Wildman–Crippen MR) is 85.1 cm³/mol. The van der Waals surface area contributed by atoms with Gasteiger partial charge in [0.15, 0.2) is 0 Å². The highest BCUT2D eigenvalue weighted by atomic mass is 15.3. The van der Waals surface area contributed by atoms with Crippen LogP contribution in [-0.4, -0.2) is 40.4 Å². The van der Waals surface area contributed by atoms with Crippen molar-refractivity contribution in [3.05, 3.63) is 53.9 Å². The minimum absolute atomic E-state index is 0.206. The van der Waals surface area contributed by atoms with Crippen LogP contribution >= 0.6 is 0 Å². The lowest BCUT2D eigenvalue weighted by molar-refractivity contribution is 0.313. The minimum atomic E-state index is 0.206. The molecular weight excluding hydrogens is 260 g/mol. The molecule has 1 saturated heterocycles. The summed E-state index contributed by atoms with van der Waals surface area (Å²) in [7, 11) is 0. The fraction of sp³-hybridized carbons (Fsp3) is 0.471. The van der Waals surface area contributed by atoms with Crippen LogP contribution in [0.5, 0.6) is 0 Å². The summed E-state index contributed by atoms with van der Waals surface area (Å²) >= 11 is 0. The van der Waals surface area contributed by atoms with Gasteiger partial charge in [0.2, 0.25) is 0 Å². The van der Waals surface area contributed by atoms with Crippen LogP contribution in [0.2, 0.25) is 0 Å². The average Bonchev–Trinajstić information content (AvgIpc) is 3.12. The Morgan fingerprint density at radius 1 is 1.10 bits per heavy atom. The molecule has 112 valence electrons. The normalized spacial score (nSPS) is 17.2. The van der Waals surface area contributed by atoms with Crippen LogP contribution in [-0.2, 0) is 13.0 Å². The van der Waals surface area contributed by atoms with E-state index in [1.165, 1.54) is 37.1 Å². The van der Waals surface area contributed by atoms with Crippen molar-refractivity contribution in [1.29, 1.82) is 0 Å². The summed E-state index contributed by atoms with van der Waals surface area (Å²) < 4.78 is 1.99. The lowest BCUT2D eigenvalue weighted by Gasteiger charge is -2.19. The maximum absolute atomic E-state index is 6.27. The third-order valence-corrected chi connectivity index (χ3v) is 4.06. The number of nitrogens with two attached hydrogens (primary N) is 1. The van der Waals surface area contributed by atoms with Gasteiger partial charge in [-0.3, -0.25) is 4.68 Å². The van der Waals surface area contributed by atoms with Gasteiger partial charge in [0.1, 0.15) is 0 Å². The first kappa shape index (κ1) is 14.3. The van der Waals surface area contributed by atoms with E-state index >= 15 is 0 Å². The van der Waals surface area contributed by atoms with Crippen LogP contribution in [0.1, 0.15) is 24.0 Å². The van der Waals surface area contributed by atoms with E-state index in [0.29, 0.717) is 0 Å². The van der Waals surface area contributed by atoms with Crippen molar-refractivity contribution in [1.82, 2.24) is 14.7 Å². The number of likely N-dealkylation sites (tertiary alicyclic amines) is 1. The van der Waals surface area contributed by atoms with Crippen LogP contribution in [0.3, 0.4) is 0 Å². The van der Waals surface area contributed by atoms with E-state index in [9.17, 15) is 0 Å². The molecular formula is C17H24N4. The molecule has 0 bridgehead atoms. The zero-order valence-electron chi connectivity index (χ0n) is 12.5. The summed E-state index contributed by atoms with van der Waals surface area (Å²) in [6.07, 6.45) is 7.62. The second-order valence-electron chi connectivity index (χ2n) is 6.00. The molecule has 1 aliphatic heterocycles. The topological polar surface area (TPSA) is 47.1 Å². The molecule has 3 rings (SSSR count). The molecule has 1 aromatic heterocycles. The zero-order valence-corrected chi connectivity index (χ0v) is 12.5. The molecule has 4 heteroatoms. The molecule has 1 atom stereocenters. The van der Waals surface area contributed by atoms with Crippen molar-refractivity contribution < 1.29 is 0 Å². The molecule has 1 unspecified atom stereocenters. The highest BCUT2D eigenvalue weighted by Crippen LogP contribution is 2.10. The summed E-state index contributed by atoms with van der Waals surface area (Å²) in [6.45, 7) is 4.24. The minimum Gasteiger partial charge on any atom is -0.326 e. The van der Waals surface area contributed by atoms with Crippen LogP contribution in [0.25, 0.3) is 0 Å². The molecule has 21 heavy (non-hydrogen) atoms. The van der Waals surface area contributed by atoms with E-state index in [0.717, 1.165) is 19.5 Å². The predicted octanol–water partition coefficient (Wildman–Crippen LogP) is 1.90. The summed E-state index contributed by atoms with van der Waals surface area (Å²) in [5.41, 5.74) is 8.77. The quantitative estimate of drug-likeness (QED) is 0.881. The Bertz CT molecular complexity index is 543. The molecule has 0 aliphatic carbocycles. The van der Waals surface area contributed by atoms with E-state index in [-0.39, 0.29) is 6.04 Å². The molecule has 4 nitrogen and oxygen atoms in total. The lowest BCUT2D eigenvalue weighted by atomic mass is 10.1. The molecule has 0 radical (unpaired) electrons. The van der Waals surface area contributed by atoms with E-state index in [2.05, 4.69) is 40.5 Å². The first-order valence-corrected chi connectivity index (χ1v) is 7.83. The molecule has 1 aliphatic rings. The SMILES string of the molecule is NC(Cc1cnn(Cc2ccccc2)c1)CN1CCCC1. The van der Waals surface area contributed by atoms with Crippen LogP contribution in [0.15, 0.2) is 42.7 Å². The van der Waals surface area contributed by atoms with Crippen molar-refractivity contribution in [2.45, 2.75) is 31.8 Å². The first-order chi connectivity index (χ1) is 10.3. The van der Waals surface area contributed by atoms with Crippen LogP contribution in [0.4, 0.5) is 0 Å². The van der Waals surface area contributed by atoms with E-state index in [1.54, 1.807) is 0 Å². The fourth-order valence-corrected chi connectivity index (χ4v) is 3.03. The number of benzene rings is 1. The number of hydrogen-bond donors (Lipinski definition) is 1. The highest BCUT2D eigenvalue weighted by Gasteiger charge is 2.15. The number of rotatable bonds is 6. The number of hydrogen-bond acceptors (Lipinski definition) is 3. The van der Waals surface area contributed by atoms with Gasteiger partial charge in [-0.25, -0.2) is 0 Å². The Balaban J connectivity index is 1.52. The maximum atomic E-state index is 6.27. The van der Waals surface area contributed by atoms with E-state index in [4.69, 9.17) is 5.73 Å². The van der Waals surface area contributed by atoms with Crippen LogP contribution < -0.4 is 5.73 Å². The van der Waals surface area contributed by atoms with Crippen LogP contribution in [0, 0.1) is 0 Å². The average molecular weight is 284 g/mol.